The summed E-state index contributed by atoms with van der Waals surface area (Å²) >= 11 is 0. The first-order chi connectivity index (χ1) is 6.75. The normalized spacial score (nSPS) is 19.5. The Morgan fingerprint density at radius 2 is 1.73 bits per heavy atom. The minimum atomic E-state index is -0.201. The minimum Gasteiger partial charge on any atom is -0.393 e. The van der Waals surface area contributed by atoms with E-state index in [0.29, 0.717) is 11.8 Å². The van der Waals surface area contributed by atoms with E-state index in [2.05, 4.69) is 47.6 Å². The average Bonchev–Trinajstić information content (AvgIpc) is 2.13. The molecule has 0 aliphatic rings. The maximum atomic E-state index is 9.99. The molecule has 0 bridgehead atoms. The van der Waals surface area contributed by atoms with Gasteiger partial charge in [0.2, 0.25) is 0 Å². The molecule has 0 spiro atoms. The number of aliphatic hydroxyl groups excluding tert-OH is 1. The SMILES string of the molecule is CCC(O)C(C)C(C)(C=C(C)C)C(C)C. The van der Waals surface area contributed by atoms with Gasteiger partial charge in [-0.3, -0.25) is 0 Å². The molecule has 3 atom stereocenters. The van der Waals surface area contributed by atoms with E-state index in [1.165, 1.54) is 5.57 Å². The van der Waals surface area contributed by atoms with Crippen LogP contribution in [-0.2, 0) is 0 Å². The molecule has 0 aromatic carbocycles. The van der Waals surface area contributed by atoms with Crippen LogP contribution in [0.25, 0.3) is 0 Å². The van der Waals surface area contributed by atoms with Crippen LogP contribution in [0.1, 0.15) is 54.9 Å². The van der Waals surface area contributed by atoms with Gasteiger partial charge < -0.3 is 5.11 Å². The Morgan fingerprint density at radius 3 is 2.00 bits per heavy atom. The third-order valence-electron chi connectivity index (χ3n) is 3.82. The van der Waals surface area contributed by atoms with E-state index < -0.39 is 0 Å². The van der Waals surface area contributed by atoms with Crippen molar-refractivity contribution in [3.63, 3.8) is 0 Å². The number of hydrogen-bond donors (Lipinski definition) is 1. The van der Waals surface area contributed by atoms with Gasteiger partial charge in [-0.15, -0.1) is 0 Å². The molecule has 1 nitrogen and oxygen atoms in total. The highest BCUT2D eigenvalue weighted by Gasteiger charge is 2.35. The molecule has 0 amide bonds. The lowest BCUT2D eigenvalue weighted by atomic mass is 9.66. The van der Waals surface area contributed by atoms with E-state index in [-0.39, 0.29) is 11.5 Å². The molecule has 0 aromatic rings. The van der Waals surface area contributed by atoms with Crippen molar-refractivity contribution in [1.82, 2.24) is 0 Å². The lowest BCUT2D eigenvalue weighted by molar-refractivity contribution is 0.0343. The van der Waals surface area contributed by atoms with Gasteiger partial charge >= 0.3 is 0 Å². The van der Waals surface area contributed by atoms with E-state index in [1.807, 2.05) is 6.92 Å². The molecule has 1 N–H and O–H groups in total. The smallest absolute Gasteiger partial charge is 0.0571 e. The van der Waals surface area contributed by atoms with Gasteiger partial charge in [-0.25, -0.2) is 0 Å². The maximum Gasteiger partial charge on any atom is 0.0571 e. The van der Waals surface area contributed by atoms with Crippen LogP contribution >= 0.6 is 0 Å². The highest BCUT2D eigenvalue weighted by Crippen LogP contribution is 2.40. The van der Waals surface area contributed by atoms with E-state index in [9.17, 15) is 5.11 Å². The summed E-state index contributed by atoms with van der Waals surface area (Å²) in [4.78, 5) is 0. The van der Waals surface area contributed by atoms with E-state index in [4.69, 9.17) is 0 Å². The van der Waals surface area contributed by atoms with Crippen LogP contribution in [-0.4, -0.2) is 11.2 Å². The quantitative estimate of drug-likeness (QED) is 0.682. The summed E-state index contributed by atoms with van der Waals surface area (Å²) in [6.45, 7) is 15.2. The molecular formula is C14H28O. The fourth-order valence-electron chi connectivity index (χ4n) is 2.21. The molecule has 0 fully saturated rings. The zero-order chi connectivity index (χ0) is 12.2. The van der Waals surface area contributed by atoms with Crippen molar-refractivity contribution in [3.05, 3.63) is 11.6 Å². The van der Waals surface area contributed by atoms with E-state index in [0.717, 1.165) is 6.42 Å². The van der Waals surface area contributed by atoms with Gasteiger partial charge in [0.25, 0.3) is 0 Å². The van der Waals surface area contributed by atoms with Gasteiger partial charge in [0.1, 0.15) is 0 Å². The molecule has 0 radical (unpaired) electrons. The Balaban J connectivity index is 5.03. The van der Waals surface area contributed by atoms with Gasteiger partial charge in [-0.1, -0.05) is 46.3 Å². The Kier molecular flexibility index (Phi) is 5.58. The first kappa shape index (κ1) is 14.7. The van der Waals surface area contributed by atoms with Crippen LogP contribution in [0.5, 0.6) is 0 Å². The van der Waals surface area contributed by atoms with Crippen molar-refractivity contribution in [1.29, 1.82) is 0 Å². The molecule has 15 heavy (non-hydrogen) atoms. The number of aliphatic hydroxyl groups is 1. The van der Waals surface area contributed by atoms with Crippen molar-refractivity contribution in [2.75, 3.05) is 0 Å². The zero-order valence-corrected chi connectivity index (χ0v) is 11.5. The molecule has 1 heteroatoms. The van der Waals surface area contributed by atoms with Gasteiger partial charge in [-0.2, -0.15) is 0 Å². The second-order valence-electron chi connectivity index (χ2n) is 5.51. The Bertz CT molecular complexity index is 213. The minimum absolute atomic E-state index is 0.0915. The molecule has 0 aliphatic carbocycles. The third-order valence-corrected chi connectivity index (χ3v) is 3.82. The number of rotatable bonds is 5. The van der Waals surface area contributed by atoms with E-state index >= 15 is 0 Å². The monoisotopic (exact) mass is 212 g/mol. The van der Waals surface area contributed by atoms with Crippen LogP contribution in [0.2, 0.25) is 0 Å². The molecular weight excluding hydrogens is 184 g/mol. The summed E-state index contributed by atoms with van der Waals surface area (Å²) in [6.07, 6.45) is 2.95. The summed E-state index contributed by atoms with van der Waals surface area (Å²) in [7, 11) is 0. The second kappa shape index (κ2) is 5.69. The average molecular weight is 212 g/mol. The van der Waals surface area contributed by atoms with Crippen LogP contribution in [0.15, 0.2) is 11.6 Å². The highest BCUT2D eigenvalue weighted by atomic mass is 16.3. The Hall–Kier alpha value is -0.300. The van der Waals surface area contributed by atoms with Crippen LogP contribution in [0, 0.1) is 17.3 Å². The predicted molar refractivity (Wildman–Crippen MR) is 67.8 cm³/mol. The maximum absolute atomic E-state index is 9.99. The lowest BCUT2D eigenvalue weighted by Gasteiger charge is -2.40. The largest absolute Gasteiger partial charge is 0.393 e. The molecule has 90 valence electrons. The lowest BCUT2D eigenvalue weighted by Crippen LogP contribution is -2.36. The Morgan fingerprint density at radius 1 is 1.27 bits per heavy atom. The van der Waals surface area contributed by atoms with E-state index in [1.54, 1.807) is 0 Å². The molecule has 0 heterocycles. The first-order valence-electron chi connectivity index (χ1n) is 6.09. The second-order valence-corrected chi connectivity index (χ2v) is 5.51. The van der Waals surface area contributed by atoms with Crippen LogP contribution in [0.4, 0.5) is 0 Å². The molecule has 0 rings (SSSR count). The summed E-state index contributed by atoms with van der Waals surface area (Å²) in [5, 5.41) is 9.99. The molecule has 3 unspecified atom stereocenters. The van der Waals surface area contributed by atoms with Crippen molar-refractivity contribution >= 4 is 0 Å². The standard InChI is InChI=1S/C14H28O/c1-8-13(15)12(6)14(7,11(4)5)9-10(2)3/h9,11-13,15H,8H2,1-7H3. The summed E-state index contributed by atoms with van der Waals surface area (Å²) < 4.78 is 0. The van der Waals surface area contributed by atoms with Crippen LogP contribution < -0.4 is 0 Å². The third kappa shape index (κ3) is 3.64. The first-order valence-corrected chi connectivity index (χ1v) is 6.09. The predicted octanol–water partition coefficient (Wildman–Crippen LogP) is 4.02. The summed E-state index contributed by atoms with van der Waals surface area (Å²) in [5.74, 6) is 0.848. The van der Waals surface area contributed by atoms with Crippen molar-refractivity contribution in [2.45, 2.75) is 61.0 Å². The van der Waals surface area contributed by atoms with Gasteiger partial charge in [-0.05, 0) is 37.5 Å². The van der Waals surface area contributed by atoms with Crippen molar-refractivity contribution < 1.29 is 5.11 Å². The van der Waals surface area contributed by atoms with Gasteiger partial charge in [0.05, 0.1) is 6.10 Å². The highest BCUT2D eigenvalue weighted by molar-refractivity contribution is 5.08. The molecule has 0 aliphatic heterocycles. The molecule has 0 aromatic heterocycles. The number of hydrogen-bond acceptors (Lipinski definition) is 1. The molecule has 0 saturated heterocycles. The van der Waals surface area contributed by atoms with Gasteiger partial charge in [0.15, 0.2) is 0 Å². The fourth-order valence-corrected chi connectivity index (χ4v) is 2.21. The fraction of sp³-hybridized carbons (Fsp3) is 0.857. The zero-order valence-electron chi connectivity index (χ0n) is 11.5. The number of allylic oxidation sites excluding steroid dienone is 2. The summed E-state index contributed by atoms with van der Waals surface area (Å²) in [6, 6.07) is 0. The Labute approximate surface area is 95.6 Å². The summed E-state index contributed by atoms with van der Waals surface area (Å²) in [5.41, 5.74) is 1.43. The topological polar surface area (TPSA) is 20.2 Å². The molecule has 0 saturated carbocycles. The van der Waals surface area contributed by atoms with Crippen molar-refractivity contribution in [3.8, 4) is 0 Å². The van der Waals surface area contributed by atoms with Crippen LogP contribution in [0.3, 0.4) is 0 Å². The van der Waals surface area contributed by atoms with Crippen molar-refractivity contribution in [2.24, 2.45) is 17.3 Å². The van der Waals surface area contributed by atoms with Gasteiger partial charge in [0, 0.05) is 0 Å².